The average Bonchev–Trinajstić information content (AvgIpc) is 3.30. The highest BCUT2D eigenvalue weighted by atomic mass is 32.1. The van der Waals surface area contributed by atoms with Crippen molar-refractivity contribution in [3.8, 4) is 0 Å². The fourth-order valence-corrected chi connectivity index (χ4v) is 5.03. The molecule has 2 N–H and O–H groups in total. The van der Waals surface area contributed by atoms with E-state index in [0.717, 1.165) is 48.2 Å². The van der Waals surface area contributed by atoms with Gasteiger partial charge in [0, 0.05) is 16.5 Å². The smallest absolute Gasteiger partial charge is 0.257 e. The van der Waals surface area contributed by atoms with Crippen molar-refractivity contribution in [2.45, 2.75) is 63.8 Å². The summed E-state index contributed by atoms with van der Waals surface area (Å²) in [4.78, 5) is 31.0. The lowest BCUT2D eigenvalue weighted by Crippen LogP contribution is -2.37. The molecule has 0 aliphatic heterocycles. The molecule has 0 radical (unpaired) electrons. The number of aromatic nitrogens is 1. The van der Waals surface area contributed by atoms with Crippen LogP contribution in [0.15, 0.2) is 24.3 Å². The monoisotopic (exact) mass is 383 g/mol. The van der Waals surface area contributed by atoms with Gasteiger partial charge < -0.3 is 5.32 Å². The minimum absolute atomic E-state index is 0.101. The van der Waals surface area contributed by atoms with Gasteiger partial charge >= 0.3 is 0 Å². The molecule has 27 heavy (non-hydrogen) atoms. The molecule has 1 unspecified atom stereocenters. The first-order valence-corrected chi connectivity index (χ1v) is 10.6. The van der Waals surface area contributed by atoms with Crippen LogP contribution >= 0.6 is 11.3 Å². The van der Waals surface area contributed by atoms with Gasteiger partial charge in [-0.3, -0.25) is 14.9 Å². The molecule has 142 valence electrons. The van der Waals surface area contributed by atoms with E-state index < -0.39 is 0 Å². The fourth-order valence-electron chi connectivity index (χ4n) is 3.97. The first-order chi connectivity index (χ1) is 13.1. The van der Waals surface area contributed by atoms with Gasteiger partial charge in [0.1, 0.15) is 0 Å². The third-order valence-corrected chi connectivity index (χ3v) is 6.55. The van der Waals surface area contributed by atoms with Crippen molar-refractivity contribution < 1.29 is 9.59 Å². The lowest BCUT2D eigenvalue weighted by atomic mass is 9.90. The molecule has 5 nitrogen and oxygen atoms in total. The van der Waals surface area contributed by atoms with Crippen molar-refractivity contribution in [2.24, 2.45) is 0 Å². The van der Waals surface area contributed by atoms with Crippen LogP contribution in [-0.2, 0) is 11.2 Å². The number of benzene rings is 1. The minimum atomic E-state index is -0.185. The molecule has 1 saturated carbocycles. The zero-order valence-corrected chi connectivity index (χ0v) is 16.4. The number of hydrogen-bond donors (Lipinski definition) is 2. The van der Waals surface area contributed by atoms with E-state index in [2.05, 4.69) is 15.6 Å². The zero-order chi connectivity index (χ0) is 18.8. The largest absolute Gasteiger partial charge is 0.353 e. The summed E-state index contributed by atoms with van der Waals surface area (Å²) < 4.78 is 0. The summed E-state index contributed by atoms with van der Waals surface area (Å²) in [6.45, 7) is 1.99. The summed E-state index contributed by atoms with van der Waals surface area (Å²) in [7, 11) is 0. The van der Waals surface area contributed by atoms with Crippen molar-refractivity contribution in [3.05, 3.63) is 46.0 Å². The van der Waals surface area contributed by atoms with Gasteiger partial charge in [-0.05, 0) is 51.2 Å². The average molecular weight is 384 g/mol. The lowest BCUT2D eigenvalue weighted by Gasteiger charge is -2.22. The normalized spacial score (nSPS) is 19.5. The third kappa shape index (κ3) is 4.05. The number of aryl methyl sites for hydroxylation is 2. The van der Waals surface area contributed by atoms with Gasteiger partial charge in [0.25, 0.3) is 5.91 Å². The Labute approximate surface area is 163 Å². The minimum Gasteiger partial charge on any atom is -0.353 e. The molecule has 0 spiro atoms. The molecular weight excluding hydrogens is 358 g/mol. The topological polar surface area (TPSA) is 71.1 Å². The first-order valence-electron chi connectivity index (χ1n) is 9.78. The van der Waals surface area contributed by atoms with Gasteiger partial charge in [0.05, 0.1) is 11.6 Å². The summed E-state index contributed by atoms with van der Waals surface area (Å²) in [5.74, 6) is -0.242. The Morgan fingerprint density at radius 3 is 2.56 bits per heavy atom. The Balaban J connectivity index is 1.47. The maximum absolute atomic E-state index is 12.8. The Bertz CT molecular complexity index is 838. The second kappa shape index (κ2) is 7.80. The molecule has 2 amide bonds. The highest BCUT2D eigenvalue weighted by molar-refractivity contribution is 7.15. The predicted octanol–water partition coefficient (Wildman–Crippen LogP) is 4.18. The van der Waals surface area contributed by atoms with Crippen molar-refractivity contribution in [1.29, 1.82) is 0 Å². The van der Waals surface area contributed by atoms with E-state index in [4.69, 9.17) is 0 Å². The molecule has 4 rings (SSSR count). The summed E-state index contributed by atoms with van der Waals surface area (Å²) >= 11 is 1.50. The molecule has 2 aliphatic rings. The van der Waals surface area contributed by atoms with E-state index in [9.17, 15) is 9.59 Å². The van der Waals surface area contributed by atoms with Crippen LogP contribution in [0.3, 0.4) is 0 Å². The summed E-state index contributed by atoms with van der Waals surface area (Å²) in [5.41, 5.74) is 2.60. The highest BCUT2D eigenvalue weighted by Gasteiger charge is 2.32. The molecule has 1 aromatic carbocycles. The highest BCUT2D eigenvalue weighted by Crippen LogP contribution is 2.37. The SMILES string of the molecule is Cc1ccc(C(=O)Nc2nc3c(s2)CCCC3C(=O)NC2CCCC2)cc1. The number of anilines is 1. The number of nitrogens with one attached hydrogen (secondary N) is 2. The number of nitrogens with zero attached hydrogens (tertiary/aromatic N) is 1. The molecular formula is C21H25N3O2S. The number of rotatable bonds is 4. The van der Waals surface area contributed by atoms with Gasteiger partial charge in [0.15, 0.2) is 5.13 Å². The van der Waals surface area contributed by atoms with Crippen molar-refractivity contribution >= 4 is 28.3 Å². The van der Waals surface area contributed by atoms with Gasteiger partial charge in [0.2, 0.25) is 5.91 Å². The standard InChI is InChI=1S/C21H25N3O2S/c1-13-9-11-14(12-10-13)19(25)24-21-23-18-16(7-4-8-17(18)27-21)20(26)22-15-5-2-3-6-15/h9-12,15-16H,2-8H2,1H3,(H,22,26)(H,23,24,25). The van der Waals surface area contributed by atoms with Gasteiger partial charge in [-0.15, -0.1) is 11.3 Å². The molecule has 0 bridgehead atoms. The van der Waals surface area contributed by atoms with E-state index in [0.29, 0.717) is 16.7 Å². The van der Waals surface area contributed by atoms with E-state index in [1.165, 1.54) is 24.2 Å². The molecule has 0 saturated heterocycles. The molecule has 1 aromatic heterocycles. The van der Waals surface area contributed by atoms with Crippen LogP contribution in [0.5, 0.6) is 0 Å². The van der Waals surface area contributed by atoms with Gasteiger partial charge in [-0.1, -0.05) is 30.5 Å². The molecule has 2 aromatic rings. The van der Waals surface area contributed by atoms with E-state index >= 15 is 0 Å². The number of fused-ring (bicyclic) bond motifs is 1. The van der Waals surface area contributed by atoms with Crippen LogP contribution < -0.4 is 10.6 Å². The van der Waals surface area contributed by atoms with Crippen LogP contribution in [0.2, 0.25) is 0 Å². The summed E-state index contributed by atoms with van der Waals surface area (Å²) in [6, 6.07) is 7.80. The Hall–Kier alpha value is -2.21. The van der Waals surface area contributed by atoms with Crippen molar-refractivity contribution in [2.75, 3.05) is 5.32 Å². The Morgan fingerprint density at radius 2 is 1.81 bits per heavy atom. The van der Waals surface area contributed by atoms with Crippen molar-refractivity contribution in [1.82, 2.24) is 10.3 Å². The zero-order valence-electron chi connectivity index (χ0n) is 15.6. The van der Waals surface area contributed by atoms with Crippen LogP contribution in [0.4, 0.5) is 5.13 Å². The third-order valence-electron chi connectivity index (χ3n) is 5.51. The lowest BCUT2D eigenvalue weighted by molar-refractivity contribution is -0.123. The van der Waals surface area contributed by atoms with E-state index in [1.807, 2.05) is 31.2 Å². The summed E-state index contributed by atoms with van der Waals surface area (Å²) in [6.07, 6.45) is 7.32. The number of amides is 2. The van der Waals surface area contributed by atoms with Crippen molar-refractivity contribution in [3.63, 3.8) is 0 Å². The number of carbonyl (C=O) groups excluding carboxylic acids is 2. The maximum Gasteiger partial charge on any atom is 0.257 e. The van der Waals surface area contributed by atoms with Crippen LogP contribution in [0.1, 0.15) is 70.9 Å². The molecule has 1 heterocycles. The quantitative estimate of drug-likeness (QED) is 0.832. The first kappa shape index (κ1) is 18.2. The molecule has 1 atom stereocenters. The number of hydrogen-bond acceptors (Lipinski definition) is 4. The Morgan fingerprint density at radius 1 is 1.07 bits per heavy atom. The fraction of sp³-hybridized carbons (Fsp3) is 0.476. The van der Waals surface area contributed by atoms with E-state index in [1.54, 1.807) is 0 Å². The van der Waals surface area contributed by atoms with Gasteiger partial charge in [-0.25, -0.2) is 4.98 Å². The number of carbonyl (C=O) groups is 2. The maximum atomic E-state index is 12.8. The van der Waals surface area contributed by atoms with Crippen LogP contribution in [-0.4, -0.2) is 22.8 Å². The van der Waals surface area contributed by atoms with E-state index in [-0.39, 0.29) is 17.7 Å². The second-order valence-corrected chi connectivity index (χ2v) is 8.67. The van der Waals surface area contributed by atoms with Gasteiger partial charge in [-0.2, -0.15) is 0 Å². The molecule has 6 heteroatoms. The number of thiazole rings is 1. The molecule has 1 fully saturated rings. The predicted molar refractivity (Wildman–Crippen MR) is 107 cm³/mol. The van der Waals surface area contributed by atoms with Crippen LogP contribution in [0.25, 0.3) is 0 Å². The molecule has 2 aliphatic carbocycles. The van der Waals surface area contributed by atoms with Crippen LogP contribution in [0, 0.1) is 6.92 Å². The summed E-state index contributed by atoms with van der Waals surface area (Å²) in [5, 5.41) is 6.70. The Kier molecular flexibility index (Phi) is 5.25. The second-order valence-electron chi connectivity index (χ2n) is 7.58.